The molecule has 3 aromatic rings. The molecule has 8 nitrogen and oxygen atoms in total. The molecule has 0 bridgehead atoms. The largest absolute Gasteiger partial charge is 0.378 e. The van der Waals surface area contributed by atoms with E-state index in [1.165, 1.54) is 33.8 Å². The minimum Gasteiger partial charge on any atom is -0.378 e. The number of benzene rings is 2. The van der Waals surface area contributed by atoms with Gasteiger partial charge in [-0.1, -0.05) is 24.3 Å². The van der Waals surface area contributed by atoms with Crippen LogP contribution in [0.4, 0.5) is 11.4 Å². The third-order valence-corrected chi connectivity index (χ3v) is 9.79. The van der Waals surface area contributed by atoms with Crippen LogP contribution in [-0.2, 0) is 9.47 Å². The molecule has 0 radical (unpaired) electrons. The van der Waals surface area contributed by atoms with E-state index in [2.05, 4.69) is 69.4 Å². The molecule has 3 fully saturated rings. The van der Waals surface area contributed by atoms with Crippen molar-refractivity contribution in [3.8, 4) is 0 Å². The first-order valence-electron chi connectivity index (χ1n) is 15.0. The molecule has 2 aromatic carbocycles. The van der Waals surface area contributed by atoms with Crippen LogP contribution in [0.15, 0.2) is 64.7 Å². The number of aromatic nitrogens is 1. The van der Waals surface area contributed by atoms with Gasteiger partial charge in [0.05, 0.1) is 49.4 Å². The average molecular weight is 584 g/mol. The SMILES string of the molecule is Cc1ncsc1C(=O)N1N=C2/C(=C/c3ccc(N4CCOCC4)cc3)CCC[C@@H]2[C@@H]1c1ccc(N2CCOCC2)cc1. The third kappa shape index (κ3) is 5.37. The summed E-state index contributed by atoms with van der Waals surface area (Å²) in [7, 11) is 0. The molecule has 2 saturated heterocycles. The van der Waals surface area contributed by atoms with Crippen LogP contribution in [0, 0.1) is 12.8 Å². The lowest BCUT2D eigenvalue weighted by Gasteiger charge is -2.31. The van der Waals surface area contributed by atoms with Gasteiger partial charge < -0.3 is 19.3 Å². The van der Waals surface area contributed by atoms with Crippen molar-refractivity contribution in [1.29, 1.82) is 0 Å². The molecule has 42 heavy (non-hydrogen) atoms. The van der Waals surface area contributed by atoms with Crippen molar-refractivity contribution in [2.45, 2.75) is 32.2 Å². The van der Waals surface area contributed by atoms with Gasteiger partial charge >= 0.3 is 0 Å². The van der Waals surface area contributed by atoms with Crippen LogP contribution in [0.1, 0.15) is 51.8 Å². The van der Waals surface area contributed by atoms with Gasteiger partial charge in [0.15, 0.2) is 0 Å². The molecule has 9 heteroatoms. The summed E-state index contributed by atoms with van der Waals surface area (Å²) < 4.78 is 11.1. The number of thiazole rings is 1. The first-order valence-corrected chi connectivity index (χ1v) is 15.9. The van der Waals surface area contributed by atoms with Crippen LogP contribution < -0.4 is 9.80 Å². The quantitative estimate of drug-likeness (QED) is 0.392. The summed E-state index contributed by atoms with van der Waals surface area (Å²) in [6.45, 7) is 8.62. The molecule has 7 rings (SSSR count). The Morgan fingerprint density at radius 1 is 0.905 bits per heavy atom. The van der Waals surface area contributed by atoms with Crippen LogP contribution >= 0.6 is 11.3 Å². The van der Waals surface area contributed by atoms with Gasteiger partial charge in [-0.05, 0) is 73.2 Å². The highest BCUT2D eigenvalue weighted by atomic mass is 32.1. The summed E-state index contributed by atoms with van der Waals surface area (Å²) in [6.07, 6.45) is 5.32. The number of carbonyl (C=O) groups excluding carboxylic acids is 1. The maximum absolute atomic E-state index is 14.0. The van der Waals surface area contributed by atoms with Crippen LogP contribution in [0.25, 0.3) is 6.08 Å². The molecule has 0 unspecified atom stereocenters. The topological polar surface area (TPSA) is 70.5 Å². The fraction of sp³-hybridized carbons (Fsp3) is 0.424. The van der Waals surface area contributed by atoms with Crippen molar-refractivity contribution >= 4 is 40.4 Å². The number of amides is 1. The Kier molecular flexibility index (Phi) is 7.80. The molecule has 2 atom stereocenters. The number of aryl methyl sites for hydroxylation is 1. The number of anilines is 2. The number of ether oxygens (including phenoxy) is 2. The van der Waals surface area contributed by atoms with Gasteiger partial charge in [-0.25, -0.2) is 9.99 Å². The van der Waals surface area contributed by atoms with Crippen molar-refractivity contribution in [2.75, 3.05) is 62.4 Å². The number of morpholine rings is 2. The van der Waals surface area contributed by atoms with E-state index in [4.69, 9.17) is 14.6 Å². The van der Waals surface area contributed by atoms with Gasteiger partial charge in [0.25, 0.3) is 5.91 Å². The Hall–Kier alpha value is -3.53. The van der Waals surface area contributed by atoms with E-state index in [0.29, 0.717) is 4.88 Å². The summed E-state index contributed by atoms with van der Waals surface area (Å²) in [4.78, 5) is 23.7. The Bertz CT molecular complexity index is 1470. The number of hydrazone groups is 1. The summed E-state index contributed by atoms with van der Waals surface area (Å²) in [5.41, 5.74) is 9.52. The minimum absolute atomic E-state index is 0.0617. The molecule has 1 aromatic heterocycles. The lowest BCUT2D eigenvalue weighted by atomic mass is 9.77. The van der Waals surface area contributed by atoms with Crippen LogP contribution in [0.5, 0.6) is 0 Å². The lowest BCUT2D eigenvalue weighted by Crippen LogP contribution is -2.36. The smallest absolute Gasteiger partial charge is 0.286 e. The zero-order valence-corrected chi connectivity index (χ0v) is 24.9. The molecule has 0 N–H and O–H groups in total. The Labute approximate surface area is 251 Å². The van der Waals surface area contributed by atoms with E-state index < -0.39 is 0 Å². The van der Waals surface area contributed by atoms with Gasteiger partial charge in [-0.2, -0.15) is 5.10 Å². The van der Waals surface area contributed by atoms with Crippen LogP contribution in [0.2, 0.25) is 0 Å². The van der Waals surface area contributed by atoms with Crippen molar-refractivity contribution in [3.63, 3.8) is 0 Å². The molecule has 3 aliphatic heterocycles. The monoisotopic (exact) mass is 583 g/mol. The van der Waals surface area contributed by atoms with Crippen molar-refractivity contribution in [2.24, 2.45) is 11.0 Å². The molecule has 1 amide bonds. The van der Waals surface area contributed by atoms with Crippen molar-refractivity contribution in [1.82, 2.24) is 9.99 Å². The van der Waals surface area contributed by atoms with Crippen molar-refractivity contribution in [3.05, 3.63) is 81.3 Å². The highest BCUT2D eigenvalue weighted by Crippen LogP contribution is 2.45. The van der Waals surface area contributed by atoms with E-state index >= 15 is 0 Å². The average Bonchev–Trinajstić information content (AvgIpc) is 3.66. The Balaban J connectivity index is 1.20. The molecular weight excluding hydrogens is 546 g/mol. The zero-order valence-electron chi connectivity index (χ0n) is 24.1. The maximum atomic E-state index is 14.0. The first kappa shape index (κ1) is 27.3. The number of hydrogen-bond donors (Lipinski definition) is 0. The molecule has 4 aliphatic rings. The lowest BCUT2D eigenvalue weighted by molar-refractivity contribution is 0.0685. The summed E-state index contributed by atoms with van der Waals surface area (Å²) in [5.74, 6) is 0.0948. The van der Waals surface area contributed by atoms with Gasteiger partial charge in [-0.3, -0.25) is 4.79 Å². The fourth-order valence-electron chi connectivity index (χ4n) is 6.62. The number of rotatable bonds is 5. The summed E-state index contributed by atoms with van der Waals surface area (Å²) in [6, 6.07) is 17.4. The van der Waals surface area contributed by atoms with E-state index in [-0.39, 0.29) is 17.9 Å². The molecular formula is C33H37N5O3S. The van der Waals surface area contributed by atoms with Gasteiger partial charge in [0.2, 0.25) is 0 Å². The molecule has 0 spiro atoms. The summed E-state index contributed by atoms with van der Waals surface area (Å²) in [5, 5.41) is 6.86. The predicted molar refractivity (Wildman–Crippen MR) is 167 cm³/mol. The molecule has 1 saturated carbocycles. The Morgan fingerprint density at radius 3 is 2.12 bits per heavy atom. The van der Waals surface area contributed by atoms with Gasteiger partial charge in [-0.15, -0.1) is 11.3 Å². The summed E-state index contributed by atoms with van der Waals surface area (Å²) >= 11 is 1.40. The molecule has 218 valence electrons. The number of nitrogens with zero attached hydrogens (tertiary/aromatic N) is 5. The van der Waals surface area contributed by atoms with E-state index in [1.807, 2.05) is 6.92 Å². The number of fused-ring (bicyclic) bond motifs is 1. The number of carbonyl (C=O) groups is 1. The third-order valence-electron chi connectivity index (χ3n) is 8.87. The maximum Gasteiger partial charge on any atom is 0.286 e. The normalized spacial score (nSPS) is 23.7. The van der Waals surface area contributed by atoms with Crippen LogP contribution in [-0.4, -0.2) is 74.2 Å². The predicted octanol–water partition coefficient (Wildman–Crippen LogP) is 5.56. The van der Waals surface area contributed by atoms with Gasteiger partial charge in [0.1, 0.15) is 4.88 Å². The van der Waals surface area contributed by atoms with Crippen LogP contribution in [0.3, 0.4) is 0 Å². The second kappa shape index (κ2) is 12.0. The number of hydrogen-bond acceptors (Lipinski definition) is 8. The van der Waals surface area contributed by atoms with E-state index in [0.717, 1.165) is 88.8 Å². The second-order valence-electron chi connectivity index (χ2n) is 11.4. The van der Waals surface area contributed by atoms with Gasteiger partial charge in [0, 0.05) is 43.5 Å². The second-order valence-corrected chi connectivity index (χ2v) is 12.3. The van der Waals surface area contributed by atoms with E-state index in [9.17, 15) is 4.79 Å². The van der Waals surface area contributed by atoms with Crippen molar-refractivity contribution < 1.29 is 14.3 Å². The highest BCUT2D eigenvalue weighted by Gasteiger charge is 2.44. The Morgan fingerprint density at radius 2 is 1.52 bits per heavy atom. The molecule has 4 heterocycles. The fourth-order valence-corrected chi connectivity index (χ4v) is 7.35. The highest BCUT2D eigenvalue weighted by molar-refractivity contribution is 7.11. The first-order chi connectivity index (χ1) is 20.7. The number of allylic oxidation sites excluding steroid dienone is 1. The van der Waals surface area contributed by atoms with E-state index in [1.54, 1.807) is 10.5 Å². The molecule has 1 aliphatic carbocycles. The minimum atomic E-state index is -0.139. The standard InChI is InChI=1S/C33H37N5O3S/c1-23-32(42-22-34-23)33(39)38-31(25-7-11-28(12-8-25)37-15-19-41-20-16-37)29-4-2-3-26(30(29)35-38)21-24-5-9-27(10-6-24)36-13-17-40-18-14-36/h5-12,21-22,29,31H,2-4,13-20H2,1H3/b26-21+/t29-,31-/m0/s1. The zero-order chi connectivity index (χ0) is 28.5.